The summed E-state index contributed by atoms with van der Waals surface area (Å²) in [7, 11) is 3.32. The van der Waals surface area contributed by atoms with Gasteiger partial charge in [0, 0.05) is 13.8 Å². The molecule has 8 heteroatoms. The van der Waals surface area contributed by atoms with Gasteiger partial charge in [0.2, 0.25) is 0 Å². The average molecular weight is 641 g/mol. The normalized spacial score (nSPS) is 13.2. The quantitative estimate of drug-likeness (QED) is 0.0730. The Bertz CT molecular complexity index is 1060. The first-order valence-electron chi connectivity index (χ1n) is 16.2. The summed E-state index contributed by atoms with van der Waals surface area (Å²) in [6.45, 7) is 15.1. The molecule has 46 heavy (non-hydrogen) atoms. The molecule has 0 N–H and O–H groups in total. The van der Waals surface area contributed by atoms with Crippen molar-refractivity contribution in [1.29, 1.82) is 0 Å². The van der Waals surface area contributed by atoms with E-state index in [1.807, 2.05) is 50.2 Å². The molecule has 2 rings (SSSR count). The predicted octanol–water partition coefficient (Wildman–Crippen LogP) is 7.86. The Balaban J connectivity index is 0.00000135. The van der Waals surface area contributed by atoms with Crippen LogP contribution in [0.1, 0.15) is 77.3 Å². The number of hydrogen-bond acceptors (Lipinski definition) is 8. The molecule has 0 aliphatic rings. The third-order valence-electron chi connectivity index (χ3n) is 7.25. The average Bonchev–Trinajstić information content (AvgIpc) is 3.05. The molecule has 0 spiro atoms. The van der Waals surface area contributed by atoms with Crippen molar-refractivity contribution in [1.82, 2.24) is 0 Å². The van der Waals surface area contributed by atoms with E-state index in [4.69, 9.17) is 28.4 Å². The smallest absolute Gasteiger partial charge is 0.302 e. The Morgan fingerprint density at radius 3 is 1.39 bits per heavy atom. The van der Waals surface area contributed by atoms with Gasteiger partial charge in [-0.3, -0.25) is 9.59 Å². The zero-order chi connectivity index (χ0) is 34.2. The van der Waals surface area contributed by atoms with Gasteiger partial charge >= 0.3 is 11.9 Å². The maximum Gasteiger partial charge on any atom is 0.302 e. The fraction of sp³-hybridized carbons (Fsp3) is 0.526. The van der Waals surface area contributed by atoms with Crippen LogP contribution in [0.25, 0.3) is 0 Å². The minimum Gasteiger partial charge on any atom is -0.497 e. The van der Waals surface area contributed by atoms with Crippen LogP contribution in [-0.4, -0.2) is 63.8 Å². The van der Waals surface area contributed by atoms with Crippen LogP contribution in [0.5, 0.6) is 11.5 Å². The molecule has 256 valence electrons. The third kappa shape index (κ3) is 18.4. The Hall–Kier alpha value is -3.62. The first-order valence-corrected chi connectivity index (χ1v) is 16.2. The van der Waals surface area contributed by atoms with Crippen LogP contribution in [0, 0.1) is 0 Å². The number of methoxy groups -OCH3 is 2. The SMILES string of the molecule is C=CCOCC=C.CCC(CCC(Cc1cccc(OC)c1)OC(CCC(CC)OC(C)=O)Cc1cccc(OC)c1)OC(C)=O. The van der Waals surface area contributed by atoms with E-state index in [1.54, 1.807) is 26.4 Å². The fourth-order valence-electron chi connectivity index (χ4n) is 4.97. The van der Waals surface area contributed by atoms with E-state index in [0.29, 0.717) is 38.9 Å². The minimum absolute atomic E-state index is 0.105. The highest BCUT2D eigenvalue weighted by Gasteiger charge is 2.23. The second-order valence-corrected chi connectivity index (χ2v) is 11.0. The highest BCUT2D eigenvalue weighted by molar-refractivity contribution is 5.66. The zero-order valence-electron chi connectivity index (χ0n) is 28.8. The van der Waals surface area contributed by atoms with Gasteiger partial charge < -0.3 is 28.4 Å². The van der Waals surface area contributed by atoms with Crippen molar-refractivity contribution >= 4 is 11.9 Å². The van der Waals surface area contributed by atoms with E-state index in [2.05, 4.69) is 25.3 Å². The van der Waals surface area contributed by atoms with Crippen LogP contribution in [0.15, 0.2) is 73.8 Å². The van der Waals surface area contributed by atoms with Crippen molar-refractivity contribution in [3.8, 4) is 11.5 Å². The molecule has 0 bridgehead atoms. The van der Waals surface area contributed by atoms with Crippen LogP contribution in [0.2, 0.25) is 0 Å². The zero-order valence-corrected chi connectivity index (χ0v) is 28.8. The molecule has 0 aliphatic heterocycles. The number of esters is 2. The molecule has 0 saturated carbocycles. The van der Waals surface area contributed by atoms with Crippen molar-refractivity contribution in [3.63, 3.8) is 0 Å². The molecule has 2 aromatic rings. The number of ether oxygens (including phenoxy) is 6. The Labute approximate surface area is 277 Å². The lowest BCUT2D eigenvalue weighted by Gasteiger charge is -2.28. The molecule has 0 heterocycles. The van der Waals surface area contributed by atoms with E-state index in [0.717, 1.165) is 48.3 Å². The second kappa shape index (κ2) is 24.6. The first-order chi connectivity index (χ1) is 22.2. The molecule has 8 nitrogen and oxygen atoms in total. The van der Waals surface area contributed by atoms with Crippen molar-refractivity contribution in [3.05, 3.63) is 85.0 Å². The predicted molar refractivity (Wildman–Crippen MR) is 183 cm³/mol. The van der Waals surface area contributed by atoms with Crippen molar-refractivity contribution < 1.29 is 38.0 Å². The van der Waals surface area contributed by atoms with Crippen LogP contribution in [0.4, 0.5) is 0 Å². The van der Waals surface area contributed by atoms with Crippen LogP contribution < -0.4 is 9.47 Å². The van der Waals surface area contributed by atoms with Gasteiger partial charge in [0.05, 0.1) is 39.6 Å². The number of rotatable bonds is 22. The summed E-state index contributed by atoms with van der Waals surface area (Å²) in [5, 5.41) is 0. The summed E-state index contributed by atoms with van der Waals surface area (Å²) in [5.74, 6) is 1.08. The summed E-state index contributed by atoms with van der Waals surface area (Å²) in [5.41, 5.74) is 2.23. The Morgan fingerprint density at radius 1 is 0.674 bits per heavy atom. The van der Waals surface area contributed by atoms with Gasteiger partial charge in [0.25, 0.3) is 0 Å². The molecule has 0 radical (unpaired) electrons. The van der Waals surface area contributed by atoms with Gasteiger partial charge in [0.15, 0.2) is 0 Å². The summed E-state index contributed by atoms with van der Waals surface area (Å²) in [4.78, 5) is 23.2. The van der Waals surface area contributed by atoms with E-state index in [1.165, 1.54) is 13.8 Å². The van der Waals surface area contributed by atoms with Gasteiger partial charge in [-0.05, 0) is 86.8 Å². The lowest BCUT2D eigenvalue weighted by molar-refractivity contribution is -0.147. The third-order valence-corrected chi connectivity index (χ3v) is 7.25. The molecule has 0 aliphatic carbocycles. The first kappa shape index (κ1) is 40.4. The van der Waals surface area contributed by atoms with E-state index >= 15 is 0 Å². The lowest BCUT2D eigenvalue weighted by atomic mass is 9.98. The highest BCUT2D eigenvalue weighted by atomic mass is 16.5. The lowest BCUT2D eigenvalue weighted by Crippen LogP contribution is -2.29. The largest absolute Gasteiger partial charge is 0.497 e. The maximum absolute atomic E-state index is 11.6. The standard InChI is InChI=1S/C32H46O7.C6H10O/c1-7-27(37-23(3)33)15-17-31(21-25-11-9-13-29(19-25)35-5)39-32(18-16-28(8-2)38-24(4)34)22-26-12-10-14-30(20-26)36-6;1-3-5-7-6-4-2/h9-14,19-20,27-28,31-32H,7-8,15-18,21-22H2,1-6H3;3-4H,1-2,5-6H2. The second-order valence-electron chi connectivity index (χ2n) is 11.0. The monoisotopic (exact) mass is 640 g/mol. The molecule has 0 amide bonds. The summed E-state index contributed by atoms with van der Waals surface area (Å²) >= 11 is 0. The molecule has 4 atom stereocenters. The molecular weight excluding hydrogens is 584 g/mol. The molecule has 0 fully saturated rings. The molecule has 0 aromatic heterocycles. The van der Waals surface area contributed by atoms with Gasteiger partial charge in [-0.15, -0.1) is 13.2 Å². The summed E-state index contributed by atoms with van der Waals surface area (Å²) < 4.78 is 33.6. The van der Waals surface area contributed by atoms with Gasteiger partial charge in [0.1, 0.15) is 23.7 Å². The van der Waals surface area contributed by atoms with Crippen LogP contribution in [-0.2, 0) is 41.4 Å². The number of benzene rings is 2. The Morgan fingerprint density at radius 2 is 1.07 bits per heavy atom. The molecule has 0 saturated heterocycles. The van der Waals surface area contributed by atoms with Crippen LogP contribution in [0.3, 0.4) is 0 Å². The van der Waals surface area contributed by atoms with Gasteiger partial charge in [-0.1, -0.05) is 50.3 Å². The summed E-state index contributed by atoms with van der Waals surface area (Å²) in [6.07, 6.45) is 8.70. The number of hydrogen-bond donors (Lipinski definition) is 0. The van der Waals surface area contributed by atoms with E-state index in [9.17, 15) is 9.59 Å². The van der Waals surface area contributed by atoms with Crippen molar-refractivity contribution in [2.75, 3.05) is 27.4 Å². The number of carbonyl (C=O) groups excluding carboxylic acids is 2. The van der Waals surface area contributed by atoms with Gasteiger partial charge in [-0.25, -0.2) is 0 Å². The highest BCUT2D eigenvalue weighted by Crippen LogP contribution is 2.24. The fourth-order valence-corrected chi connectivity index (χ4v) is 4.97. The molecule has 2 aromatic carbocycles. The Kier molecular flexibility index (Phi) is 21.6. The maximum atomic E-state index is 11.6. The van der Waals surface area contributed by atoms with Crippen molar-refractivity contribution in [2.45, 2.75) is 103 Å². The van der Waals surface area contributed by atoms with Crippen molar-refractivity contribution in [2.24, 2.45) is 0 Å². The van der Waals surface area contributed by atoms with Gasteiger partial charge in [-0.2, -0.15) is 0 Å². The minimum atomic E-state index is -0.265. The number of carbonyl (C=O) groups is 2. The summed E-state index contributed by atoms with van der Waals surface area (Å²) in [6, 6.07) is 16.0. The van der Waals surface area contributed by atoms with E-state index < -0.39 is 0 Å². The van der Waals surface area contributed by atoms with E-state index in [-0.39, 0.29) is 36.4 Å². The topological polar surface area (TPSA) is 89.5 Å². The molecular formula is C38H56O8. The molecule has 4 unspecified atom stereocenters. The van der Waals surface area contributed by atoms with Crippen LogP contribution >= 0.6 is 0 Å².